The number of hydrogen-bond acceptors (Lipinski definition) is 3. The van der Waals surface area contributed by atoms with E-state index in [0.29, 0.717) is 33.3 Å². The number of amides is 2. The fourth-order valence-corrected chi connectivity index (χ4v) is 2.76. The molecule has 0 atom stereocenters. The summed E-state index contributed by atoms with van der Waals surface area (Å²) < 4.78 is 0. The average molecular weight is 290 g/mol. The lowest BCUT2D eigenvalue weighted by Crippen LogP contribution is -2.41. The largest absolute Gasteiger partial charge is 0.396 e. The molecule has 0 radical (unpaired) electrons. The highest BCUT2D eigenvalue weighted by atomic mass is 35.5. The van der Waals surface area contributed by atoms with Crippen LogP contribution in [0.3, 0.4) is 0 Å². The van der Waals surface area contributed by atoms with Crippen LogP contribution in [0.2, 0.25) is 5.02 Å². The Balaban J connectivity index is 2.23. The van der Waals surface area contributed by atoms with Gasteiger partial charge in [0.25, 0.3) is 11.8 Å². The Morgan fingerprint density at radius 1 is 1.05 bits per heavy atom. The van der Waals surface area contributed by atoms with Crippen LogP contribution in [0.5, 0.6) is 0 Å². The molecule has 0 aromatic heterocycles. The van der Waals surface area contributed by atoms with Gasteiger partial charge in [0.2, 0.25) is 0 Å². The third-order valence-corrected chi connectivity index (χ3v) is 3.81. The summed E-state index contributed by atoms with van der Waals surface area (Å²) in [4.78, 5) is 26.0. The molecule has 0 aliphatic carbocycles. The summed E-state index contributed by atoms with van der Waals surface area (Å²) in [5.74, 6) is -0.660. The molecule has 1 heterocycles. The van der Waals surface area contributed by atoms with Crippen LogP contribution in [0.15, 0.2) is 30.3 Å². The Morgan fingerprint density at radius 2 is 1.75 bits per heavy atom. The zero-order valence-electron chi connectivity index (χ0n) is 10.6. The molecule has 0 saturated heterocycles. The highest BCUT2D eigenvalue weighted by molar-refractivity contribution is 6.38. The molecule has 20 heavy (non-hydrogen) atoms. The van der Waals surface area contributed by atoms with Crippen molar-refractivity contribution >= 4 is 34.2 Å². The first kappa shape index (κ1) is 13.1. The van der Waals surface area contributed by atoms with E-state index in [9.17, 15) is 9.59 Å². The van der Waals surface area contributed by atoms with Crippen molar-refractivity contribution in [2.24, 2.45) is 0 Å². The molecule has 3 rings (SSSR count). The molecule has 0 spiro atoms. The maximum absolute atomic E-state index is 12.4. The van der Waals surface area contributed by atoms with Crippen LogP contribution in [0, 0.1) is 0 Å². The minimum atomic E-state index is -0.330. The van der Waals surface area contributed by atoms with Crippen molar-refractivity contribution in [3.63, 3.8) is 0 Å². The first-order valence-corrected chi connectivity index (χ1v) is 6.71. The minimum absolute atomic E-state index is 0.0608. The number of hydrogen-bond donors (Lipinski definition) is 1. The molecular weight excluding hydrogens is 278 g/mol. The van der Waals surface area contributed by atoms with Gasteiger partial charge in [-0.2, -0.15) is 0 Å². The van der Waals surface area contributed by atoms with Gasteiger partial charge in [-0.1, -0.05) is 23.7 Å². The quantitative estimate of drug-likeness (QED) is 0.883. The van der Waals surface area contributed by atoms with E-state index in [1.807, 2.05) is 0 Å². The van der Waals surface area contributed by atoms with Crippen LogP contribution >= 0.6 is 11.6 Å². The van der Waals surface area contributed by atoms with Gasteiger partial charge in [-0.15, -0.1) is 0 Å². The first-order chi connectivity index (χ1) is 9.65. The molecule has 102 valence electrons. The van der Waals surface area contributed by atoms with E-state index in [1.165, 1.54) is 4.90 Å². The normalized spacial score (nSPS) is 14.2. The van der Waals surface area contributed by atoms with Crippen molar-refractivity contribution in [1.29, 1.82) is 0 Å². The van der Waals surface area contributed by atoms with Crippen molar-refractivity contribution in [3.8, 4) is 0 Å². The summed E-state index contributed by atoms with van der Waals surface area (Å²) in [6, 6.07) is 8.57. The summed E-state index contributed by atoms with van der Waals surface area (Å²) in [5, 5.41) is 10.7. The number of carbonyl (C=O) groups is 2. The molecule has 0 fully saturated rings. The molecule has 1 aliphatic heterocycles. The van der Waals surface area contributed by atoms with Crippen molar-refractivity contribution in [1.82, 2.24) is 4.90 Å². The summed E-state index contributed by atoms with van der Waals surface area (Å²) in [7, 11) is 0. The number of halogens is 1. The molecule has 2 aromatic rings. The van der Waals surface area contributed by atoms with Gasteiger partial charge in [-0.25, -0.2) is 0 Å². The molecule has 1 aliphatic rings. The lowest BCUT2D eigenvalue weighted by Gasteiger charge is -2.27. The Labute approximate surface area is 120 Å². The van der Waals surface area contributed by atoms with Crippen LogP contribution in [0.1, 0.15) is 27.1 Å². The number of nitrogens with zero attached hydrogens (tertiary/aromatic N) is 1. The Bertz CT molecular complexity index is 704. The number of rotatable bonds is 3. The number of carbonyl (C=O) groups excluding carboxylic acids is 2. The zero-order chi connectivity index (χ0) is 14.3. The first-order valence-electron chi connectivity index (χ1n) is 6.33. The highest BCUT2D eigenvalue weighted by Crippen LogP contribution is 2.33. The van der Waals surface area contributed by atoms with E-state index >= 15 is 0 Å². The van der Waals surface area contributed by atoms with E-state index < -0.39 is 0 Å². The fourth-order valence-electron chi connectivity index (χ4n) is 2.54. The maximum Gasteiger partial charge on any atom is 0.261 e. The topological polar surface area (TPSA) is 57.6 Å². The van der Waals surface area contributed by atoms with Crippen LogP contribution in [-0.4, -0.2) is 35.0 Å². The zero-order valence-corrected chi connectivity index (χ0v) is 11.4. The van der Waals surface area contributed by atoms with Gasteiger partial charge in [0.05, 0.1) is 0 Å². The summed E-state index contributed by atoms with van der Waals surface area (Å²) in [6.07, 6.45) is 0.371. The molecule has 0 saturated carbocycles. The third kappa shape index (κ3) is 1.80. The molecular formula is C15H12ClNO3. The van der Waals surface area contributed by atoms with Gasteiger partial charge < -0.3 is 5.11 Å². The number of aliphatic hydroxyl groups excluding tert-OH is 1. The van der Waals surface area contributed by atoms with Gasteiger partial charge in [0.1, 0.15) is 0 Å². The smallest absolute Gasteiger partial charge is 0.261 e. The monoisotopic (exact) mass is 289 g/mol. The third-order valence-electron chi connectivity index (χ3n) is 3.48. The SMILES string of the molecule is O=C1c2cccc3c(Cl)ccc(c23)C(=O)N1CCCO. The van der Waals surface area contributed by atoms with Crippen LogP contribution in [0.4, 0.5) is 0 Å². The predicted octanol–water partition coefficient (Wildman–Crippen LogP) is 2.47. The lowest BCUT2D eigenvalue weighted by atomic mass is 9.94. The van der Waals surface area contributed by atoms with E-state index in [1.54, 1.807) is 30.3 Å². The number of aliphatic hydroxyl groups is 1. The van der Waals surface area contributed by atoms with Gasteiger partial charge in [0.15, 0.2) is 0 Å². The lowest BCUT2D eigenvalue weighted by molar-refractivity contribution is 0.0601. The van der Waals surface area contributed by atoms with Crippen molar-refractivity contribution in [2.45, 2.75) is 6.42 Å². The van der Waals surface area contributed by atoms with E-state index in [0.717, 1.165) is 0 Å². The highest BCUT2D eigenvalue weighted by Gasteiger charge is 2.32. The van der Waals surface area contributed by atoms with Crippen molar-refractivity contribution in [3.05, 3.63) is 46.5 Å². The predicted molar refractivity (Wildman–Crippen MR) is 76.0 cm³/mol. The number of benzene rings is 2. The van der Waals surface area contributed by atoms with Crippen molar-refractivity contribution < 1.29 is 14.7 Å². The average Bonchev–Trinajstić information content (AvgIpc) is 2.46. The van der Waals surface area contributed by atoms with Crippen LogP contribution in [0.25, 0.3) is 10.8 Å². The molecule has 5 heteroatoms. The minimum Gasteiger partial charge on any atom is -0.396 e. The van der Waals surface area contributed by atoms with E-state index in [2.05, 4.69) is 0 Å². The molecule has 2 amide bonds. The van der Waals surface area contributed by atoms with Crippen molar-refractivity contribution in [2.75, 3.05) is 13.2 Å². The Kier molecular flexibility index (Phi) is 3.20. The molecule has 0 bridgehead atoms. The standard InChI is InChI=1S/C15H12ClNO3/c16-12-6-5-11-13-9(12)3-1-4-10(13)14(19)17(15(11)20)7-2-8-18/h1,3-6,18H,2,7-8H2. The van der Waals surface area contributed by atoms with E-state index in [-0.39, 0.29) is 25.0 Å². The number of imide groups is 1. The molecule has 2 aromatic carbocycles. The van der Waals surface area contributed by atoms with Gasteiger partial charge in [-0.05, 0) is 24.6 Å². The van der Waals surface area contributed by atoms with E-state index in [4.69, 9.17) is 16.7 Å². The Morgan fingerprint density at radius 3 is 2.45 bits per heavy atom. The summed E-state index contributed by atoms with van der Waals surface area (Å²) in [6.45, 7) is 0.154. The fraction of sp³-hybridized carbons (Fsp3) is 0.200. The second-order valence-electron chi connectivity index (χ2n) is 4.66. The molecule has 4 nitrogen and oxygen atoms in total. The van der Waals surface area contributed by atoms with Crippen LogP contribution < -0.4 is 0 Å². The molecule has 1 N–H and O–H groups in total. The summed E-state index contributed by atoms with van der Waals surface area (Å²) in [5.41, 5.74) is 0.968. The van der Waals surface area contributed by atoms with Gasteiger partial charge in [0, 0.05) is 40.1 Å². The van der Waals surface area contributed by atoms with Crippen LogP contribution in [-0.2, 0) is 0 Å². The molecule has 0 unspecified atom stereocenters. The van der Waals surface area contributed by atoms with Gasteiger partial charge >= 0.3 is 0 Å². The maximum atomic E-state index is 12.4. The second-order valence-corrected chi connectivity index (χ2v) is 5.07. The summed E-state index contributed by atoms with van der Waals surface area (Å²) >= 11 is 6.13. The Hall–Kier alpha value is -1.91. The second kappa shape index (κ2) is 4.89. The van der Waals surface area contributed by atoms with Gasteiger partial charge in [-0.3, -0.25) is 14.5 Å².